The van der Waals surface area contributed by atoms with E-state index in [9.17, 15) is 4.79 Å². The topological polar surface area (TPSA) is 65.8 Å². The van der Waals surface area contributed by atoms with Crippen LogP contribution in [0.1, 0.15) is 38.6 Å². The molecule has 0 aliphatic carbocycles. The highest BCUT2D eigenvalue weighted by Crippen LogP contribution is 2.30. The molecule has 2 aromatic heterocycles. The number of nitrogens with one attached hydrogen (secondary N) is 1. The van der Waals surface area contributed by atoms with Gasteiger partial charge in [0.15, 0.2) is 5.65 Å². The van der Waals surface area contributed by atoms with Crippen molar-refractivity contribution in [2.45, 2.75) is 33.5 Å². The number of rotatable bonds is 3. The van der Waals surface area contributed by atoms with Crippen LogP contribution >= 0.6 is 11.6 Å². The molecule has 4 heterocycles. The molecule has 1 amide bonds. The molecule has 1 aromatic carbocycles. The Morgan fingerprint density at radius 3 is 2.73 bits per heavy atom. The monoisotopic (exact) mass is 424 g/mol. The van der Waals surface area contributed by atoms with E-state index in [1.54, 1.807) is 4.52 Å². The summed E-state index contributed by atoms with van der Waals surface area (Å²) in [6.45, 7) is 9.65. The van der Waals surface area contributed by atoms with Gasteiger partial charge in [-0.1, -0.05) is 29.8 Å². The van der Waals surface area contributed by atoms with Gasteiger partial charge in [0.25, 0.3) is 5.91 Å². The van der Waals surface area contributed by atoms with E-state index in [-0.39, 0.29) is 5.91 Å². The Bertz CT molecular complexity index is 1130. The summed E-state index contributed by atoms with van der Waals surface area (Å²) in [6, 6.07) is 7.96. The number of carbonyl (C=O) groups excluding carboxylic acids is 1. The SMILES string of the molecule is Cc1nc2c3c(nn2c(C)c1Cl)CN(C(=O)c1ccccc1CN1CCNCC1)C3. The number of aryl methyl sites for hydroxylation is 2. The summed E-state index contributed by atoms with van der Waals surface area (Å²) in [5, 5.41) is 8.71. The molecule has 1 N–H and O–H groups in total. The van der Waals surface area contributed by atoms with Crippen LogP contribution in [0.3, 0.4) is 0 Å². The van der Waals surface area contributed by atoms with Gasteiger partial charge in [-0.2, -0.15) is 5.10 Å². The van der Waals surface area contributed by atoms with Crippen LogP contribution in [0.4, 0.5) is 0 Å². The maximum atomic E-state index is 13.4. The molecule has 0 spiro atoms. The summed E-state index contributed by atoms with van der Waals surface area (Å²) in [4.78, 5) is 22.3. The quantitative estimate of drug-likeness (QED) is 0.700. The maximum absolute atomic E-state index is 13.4. The van der Waals surface area contributed by atoms with Crippen LogP contribution in [0.5, 0.6) is 0 Å². The van der Waals surface area contributed by atoms with Crippen molar-refractivity contribution in [3.63, 3.8) is 0 Å². The molecule has 0 atom stereocenters. The zero-order valence-corrected chi connectivity index (χ0v) is 18.0. The lowest BCUT2D eigenvalue weighted by Crippen LogP contribution is -2.43. The fourth-order valence-electron chi connectivity index (χ4n) is 4.40. The maximum Gasteiger partial charge on any atom is 0.254 e. The van der Waals surface area contributed by atoms with E-state index in [1.165, 1.54) is 0 Å². The average Bonchev–Trinajstić information content (AvgIpc) is 3.32. The van der Waals surface area contributed by atoms with Gasteiger partial charge in [0.2, 0.25) is 0 Å². The summed E-state index contributed by atoms with van der Waals surface area (Å²) in [6.07, 6.45) is 0. The van der Waals surface area contributed by atoms with E-state index in [1.807, 2.05) is 36.9 Å². The number of hydrogen-bond donors (Lipinski definition) is 1. The number of nitrogens with zero attached hydrogens (tertiary/aromatic N) is 5. The summed E-state index contributed by atoms with van der Waals surface area (Å²) in [5.74, 6) is 0.0549. The van der Waals surface area contributed by atoms with Crippen LogP contribution in [-0.4, -0.2) is 56.5 Å². The lowest BCUT2D eigenvalue weighted by Gasteiger charge is -2.28. The molecule has 2 aliphatic rings. The van der Waals surface area contributed by atoms with Crippen molar-refractivity contribution < 1.29 is 4.79 Å². The van der Waals surface area contributed by atoms with E-state index < -0.39 is 0 Å². The largest absolute Gasteiger partial charge is 0.328 e. The predicted octanol–water partition coefficient (Wildman–Crippen LogP) is 2.56. The second kappa shape index (κ2) is 7.65. The molecule has 1 fully saturated rings. The number of halogens is 1. The minimum absolute atomic E-state index is 0.0549. The highest BCUT2D eigenvalue weighted by Gasteiger charge is 2.31. The van der Waals surface area contributed by atoms with Gasteiger partial charge in [0.1, 0.15) is 0 Å². The first-order valence-corrected chi connectivity index (χ1v) is 10.7. The number of carbonyl (C=O) groups is 1. The first-order valence-electron chi connectivity index (χ1n) is 10.4. The Balaban J connectivity index is 1.41. The van der Waals surface area contributed by atoms with Crippen molar-refractivity contribution in [1.82, 2.24) is 29.7 Å². The Kier molecular flexibility index (Phi) is 4.97. The van der Waals surface area contributed by atoms with E-state index in [0.717, 1.165) is 72.1 Å². The lowest BCUT2D eigenvalue weighted by atomic mass is 10.1. The molecule has 30 heavy (non-hydrogen) atoms. The molecular formula is C22H25ClN6O. The van der Waals surface area contributed by atoms with Crippen molar-refractivity contribution in [3.8, 4) is 0 Å². The molecule has 2 aliphatic heterocycles. The van der Waals surface area contributed by atoms with Gasteiger partial charge in [-0.15, -0.1) is 0 Å². The first kappa shape index (κ1) is 19.5. The van der Waals surface area contributed by atoms with E-state index in [4.69, 9.17) is 16.7 Å². The van der Waals surface area contributed by atoms with Crippen LogP contribution in [-0.2, 0) is 19.6 Å². The van der Waals surface area contributed by atoms with Crippen molar-refractivity contribution >= 4 is 23.2 Å². The average molecular weight is 425 g/mol. The summed E-state index contributed by atoms with van der Waals surface area (Å²) in [7, 11) is 0. The normalized spacial score (nSPS) is 17.0. The number of fused-ring (bicyclic) bond motifs is 3. The standard InChI is InChI=1S/C22H25ClN6O/c1-14-20(23)15(2)29-21(25-14)18-12-28(13-19(18)26-29)22(30)17-6-4-3-5-16(17)11-27-9-7-24-8-10-27/h3-6,24H,7-13H2,1-2H3. The van der Waals surface area contributed by atoms with Gasteiger partial charge in [-0.05, 0) is 25.5 Å². The van der Waals surface area contributed by atoms with Gasteiger partial charge in [0, 0.05) is 43.9 Å². The van der Waals surface area contributed by atoms with Gasteiger partial charge in [0.05, 0.1) is 35.2 Å². The molecule has 0 saturated carbocycles. The van der Waals surface area contributed by atoms with Gasteiger partial charge in [-0.3, -0.25) is 9.69 Å². The predicted molar refractivity (Wildman–Crippen MR) is 116 cm³/mol. The van der Waals surface area contributed by atoms with Crippen molar-refractivity contribution in [3.05, 3.63) is 63.1 Å². The molecule has 156 valence electrons. The Hall–Kier alpha value is -2.48. The number of aromatic nitrogens is 3. The smallest absolute Gasteiger partial charge is 0.254 e. The molecule has 3 aromatic rings. The molecule has 0 radical (unpaired) electrons. The number of piperazine rings is 1. The Labute approximate surface area is 180 Å². The van der Waals surface area contributed by atoms with Crippen molar-refractivity contribution in [2.24, 2.45) is 0 Å². The highest BCUT2D eigenvalue weighted by atomic mass is 35.5. The van der Waals surface area contributed by atoms with E-state index >= 15 is 0 Å². The minimum atomic E-state index is 0.0549. The fraction of sp³-hybridized carbons (Fsp3) is 0.409. The first-order chi connectivity index (χ1) is 14.5. The molecular weight excluding hydrogens is 400 g/mol. The molecule has 0 bridgehead atoms. The minimum Gasteiger partial charge on any atom is -0.328 e. The van der Waals surface area contributed by atoms with Crippen molar-refractivity contribution in [2.75, 3.05) is 26.2 Å². The van der Waals surface area contributed by atoms with Crippen LogP contribution in [0.25, 0.3) is 5.65 Å². The third kappa shape index (κ3) is 3.27. The molecule has 1 saturated heterocycles. The van der Waals surface area contributed by atoms with E-state index in [2.05, 4.69) is 21.3 Å². The number of hydrogen-bond acceptors (Lipinski definition) is 5. The Morgan fingerprint density at radius 1 is 1.17 bits per heavy atom. The second-order valence-electron chi connectivity index (χ2n) is 8.10. The number of amides is 1. The zero-order chi connectivity index (χ0) is 20.8. The summed E-state index contributed by atoms with van der Waals surface area (Å²) < 4.78 is 1.81. The van der Waals surface area contributed by atoms with Gasteiger partial charge in [-0.25, -0.2) is 9.50 Å². The number of benzene rings is 1. The lowest BCUT2D eigenvalue weighted by molar-refractivity contribution is 0.0747. The zero-order valence-electron chi connectivity index (χ0n) is 17.3. The second-order valence-corrected chi connectivity index (χ2v) is 8.48. The summed E-state index contributed by atoms with van der Waals surface area (Å²) >= 11 is 6.34. The fourth-order valence-corrected chi connectivity index (χ4v) is 4.53. The van der Waals surface area contributed by atoms with Crippen LogP contribution in [0, 0.1) is 13.8 Å². The Morgan fingerprint density at radius 2 is 1.93 bits per heavy atom. The molecule has 8 heteroatoms. The molecule has 5 rings (SSSR count). The van der Waals surface area contributed by atoms with Crippen LogP contribution < -0.4 is 5.32 Å². The van der Waals surface area contributed by atoms with E-state index in [0.29, 0.717) is 18.1 Å². The summed E-state index contributed by atoms with van der Waals surface area (Å²) in [5.41, 5.74) is 6.25. The van der Waals surface area contributed by atoms with Crippen LogP contribution in [0.15, 0.2) is 24.3 Å². The van der Waals surface area contributed by atoms with Crippen LogP contribution in [0.2, 0.25) is 5.02 Å². The molecule has 7 nitrogen and oxygen atoms in total. The van der Waals surface area contributed by atoms with Crippen molar-refractivity contribution in [1.29, 1.82) is 0 Å². The highest BCUT2D eigenvalue weighted by molar-refractivity contribution is 6.31. The third-order valence-electron chi connectivity index (χ3n) is 6.09. The van der Waals surface area contributed by atoms with Gasteiger partial charge >= 0.3 is 0 Å². The molecule has 0 unspecified atom stereocenters. The third-order valence-corrected chi connectivity index (χ3v) is 6.64. The van der Waals surface area contributed by atoms with Gasteiger partial charge < -0.3 is 10.2 Å².